The molecule has 1 heterocycles. The Bertz CT molecular complexity index is 445. The van der Waals surface area contributed by atoms with Crippen LogP contribution < -0.4 is 0 Å². The van der Waals surface area contributed by atoms with Crippen molar-refractivity contribution in [1.82, 2.24) is 4.57 Å². The molecule has 0 fully saturated rings. The molecular weight excluding hydrogens is 252 g/mol. The molecule has 1 nitrogen and oxygen atoms in total. The maximum absolute atomic E-state index is 12.9. The van der Waals surface area contributed by atoms with E-state index < -0.39 is 11.6 Å². The smallest absolute Gasteiger partial charge is 0.128 e. The van der Waals surface area contributed by atoms with Crippen LogP contribution in [-0.4, -0.2) is 4.57 Å². The summed E-state index contributed by atoms with van der Waals surface area (Å²) in [5.41, 5.74) is 0.466. The van der Waals surface area contributed by atoms with Crippen molar-refractivity contribution >= 4 is 15.9 Å². The second-order valence-electron chi connectivity index (χ2n) is 2.86. The molecule has 0 aliphatic rings. The predicted octanol–water partition coefficient (Wildman–Crippen LogP) is 3.52. The molecule has 0 atom stereocenters. The van der Waals surface area contributed by atoms with Gasteiger partial charge in [0.05, 0.1) is 5.69 Å². The van der Waals surface area contributed by atoms with E-state index in [0.29, 0.717) is 5.69 Å². The summed E-state index contributed by atoms with van der Waals surface area (Å²) >= 11 is 3.26. The summed E-state index contributed by atoms with van der Waals surface area (Å²) in [5.74, 6) is -1.16. The summed E-state index contributed by atoms with van der Waals surface area (Å²) in [6.45, 7) is 0. The maximum atomic E-state index is 12.9. The zero-order chi connectivity index (χ0) is 10.1. The summed E-state index contributed by atoms with van der Waals surface area (Å²) < 4.78 is 28.2. The van der Waals surface area contributed by atoms with Crippen molar-refractivity contribution in [3.05, 3.63) is 52.8 Å². The molecular formula is C10H6BrF2N. The molecule has 0 unspecified atom stereocenters. The van der Waals surface area contributed by atoms with Gasteiger partial charge in [-0.05, 0) is 34.1 Å². The lowest BCUT2D eigenvalue weighted by Crippen LogP contribution is -1.92. The quantitative estimate of drug-likeness (QED) is 0.737. The molecule has 0 spiro atoms. The average Bonchev–Trinajstić information content (AvgIpc) is 2.50. The first-order valence-corrected chi connectivity index (χ1v) is 4.74. The van der Waals surface area contributed by atoms with Gasteiger partial charge in [-0.3, -0.25) is 0 Å². The molecule has 2 rings (SSSR count). The van der Waals surface area contributed by atoms with E-state index in [9.17, 15) is 8.78 Å². The summed E-state index contributed by atoms with van der Waals surface area (Å²) in [4.78, 5) is 0. The molecule has 0 radical (unpaired) electrons. The van der Waals surface area contributed by atoms with Gasteiger partial charge in [0, 0.05) is 22.9 Å². The molecule has 0 bridgehead atoms. The maximum Gasteiger partial charge on any atom is 0.128 e. The van der Waals surface area contributed by atoms with Crippen LogP contribution in [0.3, 0.4) is 0 Å². The van der Waals surface area contributed by atoms with Crippen LogP contribution in [-0.2, 0) is 0 Å². The van der Waals surface area contributed by atoms with Gasteiger partial charge in [0.2, 0.25) is 0 Å². The fourth-order valence-corrected chi connectivity index (χ4v) is 1.56. The van der Waals surface area contributed by atoms with Crippen LogP contribution in [0.4, 0.5) is 8.78 Å². The molecule has 14 heavy (non-hydrogen) atoms. The van der Waals surface area contributed by atoms with Crippen LogP contribution in [0.1, 0.15) is 0 Å². The van der Waals surface area contributed by atoms with Crippen LogP contribution in [0.15, 0.2) is 41.1 Å². The van der Waals surface area contributed by atoms with Gasteiger partial charge in [-0.15, -0.1) is 0 Å². The topological polar surface area (TPSA) is 4.93 Å². The molecule has 1 aromatic carbocycles. The van der Waals surface area contributed by atoms with Crippen LogP contribution in [0.5, 0.6) is 0 Å². The fraction of sp³-hybridized carbons (Fsp3) is 0. The Morgan fingerprint density at radius 3 is 2.21 bits per heavy atom. The second-order valence-corrected chi connectivity index (χ2v) is 3.78. The highest BCUT2D eigenvalue weighted by atomic mass is 79.9. The Kier molecular flexibility index (Phi) is 2.37. The lowest BCUT2D eigenvalue weighted by molar-refractivity contribution is 0.581. The summed E-state index contributed by atoms with van der Waals surface area (Å²) in [7, 11) is 0. The molecule has 0 saturated heterocycles. The Balaban J connectivity index is 2.51. The number of aromatic nitrogens is 1. The first kappa shape index (κ1) is 9.40. The van der Waals surface area contributed by atoms with Crippen molar-refractivity contribution in [2.45, 2.75) is 0 Å². The molecule has 1 aromatic heterocycles. The second kappa shape index (κ2) is 3.53. The summed E-state index contributed by atoms with van der Waals surface area (Å²) in [6.07, 6.45) is 3.45. The monoisotopic (exact) mass is 257 g/mol. The van der Waals surface area contributed by atoms with Crippen molar-refractivity contribution in [3.63, 3.8) is 0 Å². The van der Waals surface area contributed by atoms with Gasteiger partial charge in [-0.1, -0.05) is 0 Å². The van der Waals surface area contributed by atoms with Gasteiger partial charge >= 0.3 is 0 Å². The number of nitrogens with zero attached hydrogens (tertiary/aromatic N) is 1. The number of hydrogen-bond acceptors (Lipinski definition) is 0. The molecule has 0 aliphatic carbocycles. The third-order valence-corrected chi connectivity index (χ3v) is 2.27. The lowest BCUT2D eigenvalue weighted by atomic mass is 10.3. The standard InChI is InChI=1S/C10H6BrF2N/c11-7-1-2-14(6-7)10-4-8(12)3-9(13)5-10/h1-6H. The average molecular weight is 258 g/mol. The first-order chi connectivity index (χ1) is 6.65. The Morgan fingerprint density at radius 1 is 1.07 bits per heavy atom. The van der Waals surface area contributed by atoms with Gasteiger partial charge in [-0.2, -0.15) is 0 Å². The Morgan fingerprint density at radius 2 is 1.71 bits per heavy atom. The third-order valence-electron chi connectivity index (χ3n) is 1.80. The minimum atomic E-state index is -0.579. The SMILES string of the molecule is Fc1cc(F)cc(-n2ccc(Br)c2)c1. The van der Waals surface area contributed by atoms with E-state index in [1.54, 1.807) is 23.0 Å². The van der Waals surface area contributed by atoms with Gasteiger partial charge in [-0.25, -0.2) is 8.78 Å². The normalized spacial score (nSPS) is 10.5. The molecule has 4 heteroatoms. The van der Waals surface area contributed by atoms with E-state index in [-0.39, 0.29) is 0 Å². The highest BCUT2D eigenvalue weighted by Crippen LogP contribution is 2.16. The van der Waals surface area contributed by atoms with E-state index in [0.717, 1.165) is 10.5 Å². The predicted molar refractivity (Wildman–Crippen MR) is 53.4 cm³/mol. The van der Waals surface area contributed by atoms with Crippen molar-refractivity contribution in [2.75, 3.05) is 0 Å². The summed E-state index contributed by atoms with van der Waals surface area (Å²) in [6, 6.07) is 5.19. The highest BCUT2D eigenvalue weighted by Gasteiger charge is 2.02. The first-order valence-electron chi connectivity index (χ1n) is 3.95. The molecule has 0 amide bonds. The van der Waals surface area contributed by atoms with E-state index in [2.05, 4.69) is 15.9 Å². The zero-order valence-electron chi connectivity index (χ0n) is 7.05. The van der Waals surface area contributed by atoms with Crippen LogP contribution >= 0.6 is 15.9 Å². The highest BCUT2D eigenvalue weighted by molar-refractivity contribution is 9.10. The van der Waals surface area contributed by atoms with Crippen LogP contribution in [0, 0.1) is 11.6 Å². The zero-order valence-corrected chi connectivity index (χ0v) is 8.63. The number of rotatable bonds is 1. The van der Waals surface area contributed by atoms with Crippen molar-refractivity contribution in [2.24, 2.45) is 0 Å². The van der Waals surface area contributed by atoms with Gasteiger partial charge in [0.1, 0.15) is 11.6 Å². The van der Waals surface area contributed by atoms with E-state index in [4.69, 9.17) is 0 Å². The summed E-state index contributed by atoms with van der Waals surface area (Å²) in [5, 5.41) is 0. The number of benzene rings is 1. The largest absolute Gasteiger partial charge is 0.322 e. The Labute approximate surface area is 88.1 Å². The molecule has 0 N–H and O–H groups in total. The van der Waals surface area contributed by atoms with Crippen LogP contribution in [0.2, 0.25) is 0 Å². The van der Waals surface area contributed by atoms with Crippen molar-refractivity contribution < 1.29 is 8.78 Å². The van der Waals surface area contributed by atoms with Crippen LogP contribution in [0.25, 0.3) is 5.69 Å². The molecule has 0 saturated carbocycles. The van der Waals surface area contributed by atoms with Crippen molar-refractivity contribution in [3.8, 4) is 5.69 Å². The van der Waals surface area contributed by atoms with Gasteiger partial charge in [0.25, 0.3) is 0 Å². The van der Waals surface area contributed by atoms with Gasteiger partial charge < -0.3 is 4.57 Å². The molecule has 0 aliphatic heterocycles. The molecule has 72 valence electrons. The lowest BCUT2D eigenvalue weighted by Gasteiger charge is -2.02. The number of halogens is 3. The van der Waals surface area contributed by atoms with E-state index in [1.807, 2.05) is 0 Å². The fourth-order valence-electron chi connectivity index (χ4n) is 1.22. The minimum absolute atomic E-state index is 0.466. The van der Waals surface area contributed by atoms with E-state index >= 15 is 0 Å². The van der Waals surface area contributed by atoms with E-state index in [1.165, 1.54) is 12.1 Å². The number of hydrogen-bond donors (Lipinski definition) is 0. The Hall–Kier alpha value is -1.16. The van der Waals surface area contributed by atoms with Crippen molar-refractivity contribution in [1.29, 1.82) is 0 Å². The third kappa shape index (κ3) is 1.85. The minimum Gasteiger partial charge on any atom is -0.322 e. The van der Waals surface area contributed by atoms with Gasteiger partial charge in [0.15, 0.2) is 0 Å². The molecule has 2 aromatic rings.